The van der Waals surface area contributed by atoms with Crippen molar-refractivity contribution in [3.8, 4) is 0 Å². The van der Waals surface area contributed by atoms with E-state index in [9.17, 15) is 5.11 Å². The fourth-order valence-electron chi connectivity index (χ4n) is 2.28. The summed E-state index contributed by atoms with van der Waals surface area (Å²) < 4.78 is 0. The molecule has 1 aliphatic carbocycles. The Labute approximate surface area is 94.5 Å². The molecule has 0 bridgehead atoms. The Balaban J connectivity index is 2.38. The summed E-state index contributed by atoms with van der Waals surface area (Å²) in [6.07, 6.45) is 2.33. The van der Waals surface area contributed by atoms with Crippen LogP contribution in [0.4, 0.5) is 0 Å². The highest BCUT2D eigenvalue weighted by atomic mass is 16.3. The van der Waals surface area contributed by atoms with Gasteiger partial charge in [-0.2, -0.15) is 0 Å². The summed E-state index contributed by atoms with van der Waals surface area (Å²) in [6, 6.07) is 0. The van der Waals surface area contributed by atoms with E-state index in [1.165, 1.54) is 6.42 Å². The van der Waals surface area contributed by atoms with Gasteiger partial charge in [0.15, 0.2) is 0 Å². The van der Waals surface area contributed by atoms with Crippen LogP contribution >= 0.6 is 0 Å². The van der Waals surface area contributed by atoms with E-state index in [0.717, 1.165) is 13.0 Å². The molecule has 0 amide bonds. The van der Waals surface area contributed by atoms with Gasteiger partial charge in [0.2, 0.25) is 0 Å². The van der Waals surface area contributed by atoms with Crippen LogP contribution in [0.2, 0.25) is 0 Å². The molecule has 0 radical (unpaired) electrons. The topological polar surface area (TPSA) is 32.3 Å². The molecular formula is C13H27NO. The van der Waals surface area contributed by atoms with Crippen LogP contribution in [0.5, 0.6) is 0 Å². The molecule has 90 valence electrons. The molecule has 1 fully saturated rings. The highest BCUT2D eigenvalue weighted by molar-refractivity contribution is 5.05. The maximum Gasteiger partial charge on any atom is 0.0493 e. The van der Waals surface area contributed by atoms with Crippen molar-refractivity contribution in [3.05, 3.63) is 0 Å². The van der Waals surface area contributed by atoms with Gasteiger partial charge in [0.25, 0.3) is 0 Å². The summed E-state index contributed by atoms with van der Waals surface area (Å²) in [5.41, 5.74) is 0.456. The van der Waals surface area contributed by atoms with Gasteiger partial charge < -0.3 is 10.4 Å². The zero-order valence-electron chi connectivity index (χ0n) is 10.9. The third-order valence-electron chi connectivity index (χ3n) is 4.43. The van der Waals surface area contributed by atoms with Crippen molar-refractivity contribution in [1.82, 2.24) is 5.32 Å². The van der Waals surface area contributed by atoms with E-state index >= 15 is 0 Å². The Bertz CT molecular complexity index is 213. The van der Waals surface area contributed by atoms with E-state index in [-0.39, 0.29) is 11.0 Å². The van der Waals surface area contributed by atoms with Crippen molar-refractivity contribution in [3.63, 3.8) is 0 Å². The zero-order chi connectivity index (χ0) is 11.7. The lowest BCUT2D eigenvalue weighted by Crippen LogP contribution is -2.40. The summed E-state index contributed by atoms with van der Waals surface area (Å²) in [6.45, 7) is 12.5. The monoisotopic (exact) mass is 213 g/mol. The molecule has 0 saturated heterocycles. The van der Waals surface area contributed by atoms with Crippen LogP contribution in [0.25, 0.3) is 0 Å². The molecule has 2 nitrogen and oxygen atoms in total. The van der Waals surface area contributed by atoms with Crippen LogP contribution in [0.15, 0.2) is 0 Å². The first-order valence-electron chi connectivity index (χ1n) is 6.24. The number of hydrogen-bond acceptors (Lipinski definition) is 2. The molecule has 15 heavy (non-hydrogen) atoms. The van der Waals surface area contributed by atoms with E-state index in [0.29, 0.717) is 18.4 Å². The molecule has 0 aromatic heterocycles. The first-order valence-corrected chi connectivity index (χ1v) is 6.24. The fourth-order valence-corrected chi connectivity index (χ4v) is 2.28. The second kappa shape index (κ2) is 4.42. The van der Waals surface area contributed by atoms with Crippen molar-refractivity contribution in [2.24, 2.45) is 17.3 Å². The molecular weight excluding hydrogens is 186 g/mol. The van der Waals surface area contributed by atoms with Crippen molar-refractivity contribution in [2.45, 2.75) is 53.0 Å². The third-order valence-corrected chi connectivity index (χ3v) is 4.43. The SMILES string of the molecule is CCC(C)(C)NCC1CC1(CO)C(C)C. The van der Waals surface area contributed by atoms with Gasteiger partial charge in [0.05, 0.1) is 0 Å². The quantitative estimate of drug-likeness (QED) is 0.710. The Morgan fingerprint density at radius 2 is 2.07 bits per heavy atom. The van der Waals surface area contributed by atoms with Gasteiger partial charge in [0.1, 0.15) is 0 Å². The molecule has 2 N–H and O–H groups in total. The highest BCUT2D eigenvalue weighted by Gasteiger charge is 2.55. The molecule has 2 unspecified atom stereocenters. The Kier molecular flexibility index (Phi) is 3.83. The second-order valence-electron chi connectivity index (χ2n) is 6.07. The maximum atomic E-state index is 9.46. The summed E-state index contributed by atoms with van der Waals surface area (Å²) in [4.78, 5) is 0. The molecule has 2 atom stereocenters. The van der Waals surface area contributed by atoms with Gasteiger partial charge in [-0.25, -0.2) is 0 Å². The van der Waals surface area contributed by atoms with Crippen LogP contribution in [0.3, 0.4) is 0 Å². The first-order chi connectivity index (χ1) is 6.88. The largest absolute Gasteiger partial charge is 0.396 e. The van der Waals surface area contributed by atoms with Gasteiger partial charge in [-0.3, -0.25) is 0 Å². The Hall–Kier alpha value is -0.0800. The molecule has 1 rings (SSSR count). The fraction of sp³-hybridized carbons (Fsp3) is 1.00. The zero-order valence-corrected chi connectivity index (χ0v) is 10.9. The van der Waals surface area contributed by atoms with Crippen molar-refractivity contribution >= 4 is 0 Å². The highest BCUT2D eigenvalue weighted by Crippen LogP contribution is 2.57. The number of nitrogens with one attached hydrogen (secondary N) is 1. The second-order valence-corrected chi connectivity index (χ2v) is 6.07. The van der Waals surface area contributed by atoms with Crippen LogP contribution < -0.4 is 5.32 Å². The average Bonchev–Trinajstić information content (AvgIpc) is 2.90. The normalized spacial score (nSPS) is 31.0. The minimum Gasteiger partial charge on any atom is -0.396 e. The lowest BCUT2D eigenvalue weighted by atomic mass is 9.90. The van der Waals surface area contributed by atoms with Crippen molar-refractivity contribution in [1.29, 1.82) is 0 Å². The summed E-state index contributed by atoms with van der Waals surface area (Å²) >= 11 is 0. The van der Waals surface area contributed by atoms with E-state index in [4.69, 9.17) is 0 Å². The molecule has 0 aliphatic heterocycles. The van der Waals surface area contributed by atoms with Crippen LogP contribution in [0.1, 0.15) is 47.5 Å². The lowest BCUT2D eigenvalue weighted by Gasteiger charge is -2.26. The molecule has 0 aromatic carbocycles. The predicted molar refractivity (Wildman–Crippen MR) is 64.8 cm³/mol. The molecule has 0 heterocycles. The van der Waals surface area contributed by atoms with Crippen molar-refractivity contribution in [2.75, 3.05) is 13.2 Å². The van der Waals surface area contributed by atoms with Crippen molar-refractivity contribution < 1.29 is 5.11 Å². The number of hydrogen-bond donors (Lipinski definition) is 2. The number of aliphatic hydroxyl groups excluding tert-OH is 1. The molecule has 1 aliphatic rings. The van der Waals surface area contributed by atoms with Gasteiger partial charge >= 0.3 is 0 Å². The van der Waals surface area contributed by atoms with Gasteiger partial charge in [-0.05, 0) is 45.1 Å². The first kappa shape index (κ1) is 13.0. The molecule has 2 heteroatoms. The molecule has 0 aromatic rings. The van der Waals surface area contributed by atoms with Crippen LogP contribution in [-0.2, 0) is 0 Å². The minimum atomic E-state index is 0.219. The molecule has 1 saturated carbocycles. The summed E-state index contributed by atoms with van der Waals surface area (Å²) in [5, 5.41) is 13.1. The third kappa shape index (κ3) is 2.73. The predicted octanol–water partition coefficient (Wildman–Crippen LogP) is 2.42. The van der Waals surface area contributed by atoms with Crippen LogP contribution in [-0.4, -0.2) is 23.8 Å². The van der Waals surface area contributed by atoms with Gasteiger partial charge in [0, 0.05) is 17.6 Å². The smallest absolute Gasteiger partial charge is 0.0493 e. The number of rotatable bonds is 6. The van der Waals surface area contributed by atoms with Gasteiger partial charge in [-0.15, -0.1) is 0 Å². The van der Waals surface area contributed by atoms with E-state index in [1.54, 1.807) is 0 Å². The van der Waals surface area contributed by atoms with E-state index < -0.39 is 0 Å². The molecule has 0 spiro atoms. The standard InChI is InChI=1S/C13H27NO/c1-6-12(4,5)14-8-11-7-13(11,9-15)10(2)3/h10-11,14-15H,6-9H2,1-5H3. The van der Waals surface area contributed by atoms with Gasteiger partial charge in [-0.1, -0.05) is 20.8 Å². The minimum absolute atomic E-state index is 0.219. The van der Waals surface area contributed by atoms with E-state index in [1.807, 2.05) is 0 Å². The summed E-state index contributed by atoms with van der Waals surface area (Å²) in [7, 11) is 0. The number of aliphatic hydroxyl groups is 1. The Morgan fingerprint density at radius 1 is 1.47 bits per heavy atom. The Morgan fingerprint density at radius 3 is 2.40 bits per heavy atom. The maximum absolute atomic E-state index is 9.46. The lowest BCUT2D eigenvalue weighted by molar-refractivity contribution is 0.153. The van der Waals surface area contributed by atoms with E-state index in [2.05, 4.69) is 39.9 Å². The average molecular weight is 213 g/mol. The summed E-state index contributed by atoms with van der Waals surface area (Å²) in [5.74, 6) is 1.27. The van der Waals surface area contributed by atoms with Crippen LogP contribution in [0, 0.1) is 17.3 Å².